The molecule has 1 fully saturated rings. The largest absolute Gasteiger partial charge is 0.481 e. The molecule has 2 aliphatic heterocycles. The number of benzene rings is 1. The minimum Gasteiger partial charge on any atom is -0.481 e. The number of hydrogen-bond acceptors (Lipinski definition) is 6. The van der Waals surface area contributed by atoms with E-state index in [1.54, 1.807) is 16.8 Å². The second-order valence-electron chi connectivity index (χ2n) is 5.85. The van der Waals surface area contributed by atoms with Gasteiger partial charge in [-0.15, -0.1) is 10.2 Å². The van der Waals surface area contributed by atoms with E-state index in [0.29, 0.717) is 28.9 Å². The molecule has 9 heteroatoms. The zero-order chi connectivity index (χ0) is 17.4. The van der Waals surface area contributed by atoms with E-state index in [2.05, 4.69) is 15.3 Å². The molecular formula is C16H15FN4O3S. The zero-order valence-electron chi connectivity index (χ0n) is 13.1. The average molecular weight is 362 g/mol. The van der Waals surface area contributed by atoms with Crippen LogP contribution in [0.4, 0.5) is 4.39 Å². The van der Waals surface area contributed by atoms with Gasteiger partial charge in [0.1, 0.15) is 11.9 Å². The Morgan fingerprint density at radius 3 is 2.84 bits per heavy atom. The predicted octanol–water partition coefficient (Wildman–Crippen LogP) is 2.47. The van der Waals surface area contributed by atoms with E-state index in [9.17, 15) is 14.3 Å². The first-order valence-corrected chi connectivity index (χ1v) is 8.80. The average Bonchev–Trinajstić information content (AvgIpc) is 3.23. The Balaban J connectivity index is 1.76. The van der Waals surface area contributed by atoms with Gasteiger partial charge in [-0.2, -0.15) is 9.78 Å². The van der Waals surface area contributed by atoms with Gasteiger partial charge in [-0.3, -0.25) is 4.79 Å². The minimum absolute atomic E-state index is 0.108. The van der Waals surface area contributed by atoms with E-state index < -0.39 is 11.2 Å². The summed E-state index contributed by atoms with van der Waals surface area (Å²) in [5, 5.41) is 22.3. The first-order valence-electron chi connectivity index (χ1n) is 7.92. The Kier molecular flexibility index (Phi) is 4.26. The van der Waals surface area contributed by atoms with Crippen molar-refractivity contribution in [2.24, 2.45) is 5.10 Å². The number of nitrogens with zero attached hydrogens (tertiary/aromatic N) is 4. The van der Waals surface area contributed by atoms with Gasteiger partial charge in [0.05, 0.1) is 17.4 Å². The lowest BCUT2D eigenvalue weighted by Crippen LogP contribution is -2.27. The van der Waals surface area contributed by atoms with E-state index in [-0.39, 0.29) is 18.3 Å². The minimum atomic E-state index is -0.931. The van der Waals surface area contributed by atoms with Crippen molar-refractivity contribution >= 4 is 23.4 Å². The van der Waals surface area contributed by atoms with Gasteiger partial charge in [0.25, 0.3) is 0 Å². The van der Waals surface area contributed by atoms with Crippen LogP contribution < -0.4 is 0 Å². The summed E-state index contributed by atoms with van der Waals surface area (Å²) >= 11 is 1.30. The maximum absolute atomic E-state index is 13.2. The number of rotatable bonds is 4. The maximum Gasteiger partial charge on any atom is 0.304 e. The highest BCUT2D eigenvalue weighted by Crippen LogP contribution is 2.36. The third-order valence-corrected chi connectivity index (χ3v) is 5.25. The number of carboxylic acid groups (broad SMARTS) is 1. The van der Waals surface area contributed by atoms with Crippen LogP contribution in [0.15, 0.2) is 34.5 Å². The Morgan fingerprint density at radius 2 is 2.16 bits per heavy atom. The summed E-state index contributed by atoms with van der Waals surface area (Å²) in [5.41, 5.74) is 1.25. The van der Waals surface area contributed by atoms with Crippen LogP contribution in [-0.2, 0) is 9.53 Å². The predicted molar refractivity (Wildman–Crippen MR) is 88.2 cm³/mol. The Labute approximate surface area is 146 Å². The molecule has 130 valence electrons. The number of carboxylic acids is 1. The SMILES string of the molecule is O=C(O)C[C@@H]1Sc2nnc([C@@H]3CCCO3)n2N=C1c1ccc(F)cc1. The van der Waals surface area contributed by atoms with Crippen LogP contribution in [0.2, 0.25) is 0 Å². The molecule has 2 atom stereocenters. The normalized spacial score (nSPS) is 22.5. The molecule has 1 N–H and O–H groups in total. The summed E-state index contributed by atoms with van der Waals surface area (Å²) < 4.78 is 20.5. The van der Waals surface area contributed by atoms with Crippen molar-refractivity contribution in [1.82, 2.24) is 14.9 Å². The van der Waals surface area contributed by atoms with Crippen LogP contribution in [0.1, 0.15) is 36.8 Å². The van der Waals surface area contributed by atoms with E-state index in [1.165, 1.54) is 23.9 Å². The lowest BCUT2D eigenvalue weighted by molar-refractivity contribution is -0.136. The first-order chi connectivity index (χ1) is 12.1. The molecule has 0 bridgehead atoms. The van der Waals surface area contributed by atoms with Gasteiger partial charge in [-0.1, -0.05) is 23.9 Å². The van der Waals surface area contributed by atoms with Gasteiger partial charge in [0.2, 0.25) is 5.16 Å². The molecule has 3 heterocycles. The third kappa shape index (κ3) is 3.16. The van der Waals surface area contributed by atoms with Crippen LogP contribution in [0, 0.1) is 5.82 Å². The van der Waals surface area contributed by atoms with Gasteiger partial charge in [0.15, 0.2) is 5.82 Å². The third-order valence-electron chi connectivity index (χ3n) is 4.11. The smallest absolute Gasteiger partial charge is 0.304 e. The molecule has 0 saturated carbocycles. The summed E-state index contributed by atoms with van der Waals surface area (Å²) in [5.74, 6) is -0.666. The molecule has 0 amide bonds. The van der Waals surface area contributed by atoms with Crippen molar-refractivity contribution in [3.63, 3.8) is 0 Å². The lowest BCUT2D eigenvalue weighted by Gasteiger charge is -2.22. The topological polar surface area (TPSA) is 89.6 Å². The summed E-state index contributed by atoms with van der Waals surface area (Å²) in [4.78, 5) is 11.2. The first kappa shape index (κ1) is 16.2. The summed E-state index contributed by atoms with van der Waals surface area (Å²) in [6.45, 7) is 0.677. The summed E-state index contributed by atoms with van der Waals surface area (Å²) in [6.07, 6.45) is 1.54. The van der Waals surface area contributed by atoms with Gasteiger partial charge in [-0.25, -0.2) is 4.39 Å². The number of aliphatic carboxylic acids is 1. The van der Waals surface area contributed by atoms with Crippen molar-refractivity contribution in [3.8, 4) is 0 Å². The van der Waals surface area contributed by atoms with Crippen molar-refractivity contribution in [1.29, 1.82) is 0 Å². The molecule has 0 unspecified atom stereocenters. The van der Waals surface area contributed by atoms with Crippen LogP contribution in [-0.4, -0.2) is 43.5 Å². The number of aromatic nitrogens is 3. The van der Waals surface area contributed by atoms with Crippen molar-refractivity contribution in [2.45, 2.75) is 35.8 Å². The highest BCUT2D eigenvalue weighted by Gasteiger charge is 2.33. The summed E-state index contributed by atoms with van der Waals surface area (Å²) in [7, 11) is 0. The molecule has 1 aromatic carbocycles. The molecule has 4 rings (SSSR count). The number of thioether (sulfide) groups is 1. The van der Waals surface area contributed by atoms with Crippen LogP contribution in [0.3, 0.4) is 0 Å². The number of halogens is 1. The van der Waals surface area contributed by atoms with E-state index in [4.69, 9.17) is 4.74 Å². The molecule has 0 spiro atoms. The Morgan fingerprint density at radius 1 is 1.36 bits per heavy atom. The molecule has 1 aromatic heterocycles. The van der Waals surface area contributed by atoms with Gasteiger partial charge in [-0.05, 0) is 30.5 Å². The monoisotopic (exact) mass is 362 g/mol. The zero-order valence-corrected chi connectivity index (χ0v) is 13.9. The van der Waals surface area contributed by atoms with Gasteiger partial charge < -0.3 is 9.84 Å². The standard InChI is InChI=1S/C16H15FN4O3S/c17-10-5-3-9(4-6-10)14-12(8-13(22)23)25-16-19-18-15(21(16)20-14)11-2-1-7-24-11/h3-6,11-12H,1-2,7-8H2,(H,22,23)/t11-,12-/m0/s1. The fourth-order valence-electron chi connectivity index (χ4n) is 2.94. The Hall–Kier alpha value is -2.26. The molecule has 0 radical (unpaired) electrons. The highest BCUT2D eigenvalue weighted by molar-refractivity contribution is 8.00. The Bertz CT molecular complexity index is 830. The second kappa shape index (κ2) is 6.57. The van der Waals surface area contributed by atoms with Crippen molar-refractivity contribution < 1.29 is 19.0 Å². The molecule has 2 aliphatic rings. The van der Waals surface area contributed by atoms with Crippen LogP contribution >= 0.6 is 11.8 Å². The fourth-order valence-corrected chi connectivity index (χ4v) is 4.04. The number of ether oxygens (including phenoxy) is 1. The van der Waals surface area contributed by atoms with Crippen LogP contribution in [0.5, 0.6) is 0 Å². The molecular weight excluding hydrogens is 347 g/mol. The molecule has 1 saturated heterocycles. The van der Waals surface area contributed by atoms with Gasteiger partial charge >= 0.3 is 5.97 Å². The quantitative estimate of drug-likeness (QED) is 0.899. The second-order valence-corrected chi connectivity index (χ2v) is 7.02. The maximum atomic E-state index is 13.2. The van der Waals surface area contributed by atoms with E-state index in [1.807, 2.05) is 0 Å². The van der Waals surface area contributed by atoms with E-state index in [0.717, 1.165) is 12.8 Å². The number of carbonyl (C=O) groups is 1. The highest BCUT2D eigenvalue weighted by atomic mass is 32.2. The summed E-state index contributed by atoms with van der Waals surface area (Å²) in [6, 6.07) is 5.88. The van der Waals surface area contributed by atoms with Crippen molar-refractivity contribution in [2.75, 3.05) is 6.61 Å². The fraction of sp³-hybridized carbons (Fsp3) is 0.375. The lowest BCUT2D eigenvalue weighted by atomic mass is 10.1. The van der Waals surface area contributed by atoms with Gasteiger partial charge in [0, 0.05) is 6.61 Å². The van der Waals surface area contributed by atoms with Crippen molar-refractivity contribution in [3.05, 3.63) is 41.5 Å². The van der Waals surface area contributed by atoms with Crippen LogP contribution in [0.25, 0.3) is 0 Å². The molecule has 0 aliphatic carbocycles. The molecule has 7 nitrogen and oxygen atoms in total. The van der Waals surface area contributed by atoms with E-state index >= 15 is 0 Å². The molecule has 25 heavy (non-hydrogen) atoms. The molecule has 2 aromatic rings. The number of fused-ring (bicyclic) bond motifs is 1. The number of hydrogen-bond donors (Lipinski definition) is 1.